The molecule has 4 heteroatoms. The van der Waals surface area contributed by atoms with Crippen molar-refractivity contribution in [2.24, 2.45) is 5.73 Å². The van der Waals surface area contributed by atoms with Gasteiger partial charge in [0.15, 0.2) is 0 Å². The molecule has 0 fully saturated rings. The van der Waals surface area contributed by atoms with Crippen LogP contribution in [0.1, 0.15) is 26.3 Å². The second kappa shape index (κ2) is 6.40. The molecule has 0 spiro atoms. The summed E-state index contributed by atoms with van der Waals surface area (Å²) >= 11 is 0. The van der Waals surface area contributed by atoms with Gasteiger partial charge < -0.3 is 15.8 Å². The van der Waals surface area contributed by atoms with Crippen molar-refractivity contribution in [1.29, 1.82) is 0 Å². The van der Waals surface area contributed by atoms with Crippen molar-refractivity contribution in [2.75, 3.05) is 19.7 Å². The zero-order valence-electron chi connectivity index (χ0n) is 11.3. The van der Waals surface area contributed by atoms with Crippen LogP contribution < -0.4 is 15.8 Å². The predicted molar refractivity (Wildman–Crippen MR) is 72.7 cm³/mol. The number of rotatable bonds is 7. The van der Waals surface area contributed by atoms with E-state index < -0.39 is 0 Å². The molecule has 100 valence electrons. The molecule has 0 aromatic heterocycles. The summed E-state index contributed by atoms with van der Waals surface area (Å²) in [6, 6.07) is 8.04. The summed E-state index contributed by atoms with van der Waals surface area (Å²) in [5.41, 5.74) is 6.24. The quantitative estimate of drug-likeness (QED) is 0.769. The molecule has 0 aliphatic carbocycles. The number of carbonyl (C=O) groups excluding carboxylic acids is 1. The van der Waals surface area contributed by atoms with E-state index in [4.69, 9.17) is 10.5 Å². The standard InChI is InChI=1S/C14H22N2O2/c1-4-18-12-7-5-11(6-8-12)14(2,3)10-16-9-13(15)17/h5-8,16H,4,9-10H2,1-3H3,(H2,15,17). The molecule has 0 saturated heterocycles. The van der Waals surface area contributed by atoms with Gasteiger partial charge in [0.1, 0.15) is 5.75 Å². The van der Waals surface area contributed by atoms with Gasteiger partial charge in [-0.3, -0.25) is 4.79 Å². The molecule has 0 aliphatic rings. The van der Waals surface area contributed by atoms with Crippen molar-refractivity contribution in [1.82, 2.24) is 5.32 Å². The minimum atomic E-state index is -0.336. The van der Waals surface area contributed by atoms with Crippen molar-refractivity contribution in [3.05, 3.63) is 29.8 Å². The van der Waals surface area contributed by atoms with Crippen molar-refractivity contribution < 1.29 is 9.53 Å². The molecule has 1 rings (SSSR count). The summed E-state index contributed by atoms with van der Waals surface area (Å²) in [4.78, 5) is 10.7. The monoisotopic (exact) mass is 250 g/mol. The van der Waals surface area contributed by atoms with E-state index >= 15 is 0 Å². The maximum absolute atomic E-state index is 10.7. The molecule has 18 heavy (non-hydrogen) atoms. The van der Waals surface area contributed by atoms with Gasteiger partial charge in [0, 0.05) is 12.0 Å². The van der Waals surface area contributed by atoms with E-state index in [2.05, 4.69) is 31.3 Å². The third kappa shape index (κ3) is 4.37. The Hall–Kier alpha value is -1.55. The summed E-state index contributed by atoms with van der Waals surface area (Å²) < 4.78 is 5.41. The number of hydrogen-bond donors (Lipinski definition) is 2. The Bertz CT molecular complexity index is 385. The van der Waals surface area contributed by atoms with Crippen LogP contribution in [0, 0.1) is 0 Å². The van der Waals surface area contributed by atoms with Crippen LogP contribution in [-0.4, -0.2) is 25.6 Å². The van der Waals surface area contributed by atoms with Crippen LogP contribution in [0.25, 0.3) is 0 Å². The SMILES string of the molecule is CCOc1ccc(C(C)(C)CNCC(N)=O)cc1. The lowest BCUT2D eigenvalue weighted by Gasteiger charge is -2.25. The lowest BCUT2D eigenvalue weighted by atomic mass is 9.84. The van der Waals surface area contributed by atoms with E-state index in [0.717, 1.165) is 5.75 Å². The lowest BCUT2D eigenvalue weighted by Crippen LogP contribution is -2.37. The Morgan fingerprint density at radius 2 is 1.94 bits per heavy atom. The van der Waals surface area contributed by atoms with Gasteiger partial charge in [-0.1, -0.05) is 26.0 Å². The number of ether oxygens (including phenoxy) is 1. The van der Waals surface area contributed by atoms with Gasteiger partial charge in [0.05, 0.1) is 13.2 Å². The maximum Gasteiger partial charge on any atom is 0.231 e. The fraction of sp³-hybridized carbons (Fsp3) is 0.500. The average molecular weight is 250 g/mol. The van der Waals surface area contributed by atoms with Crippen molar-refractivity contribution in [3.63, 3.8) is 0 Å². The maximum atomic E-state index is 10.7. The first-order valence-corrected chi connectivity index (χ1v) is 6.18. The normalized spacial score (nSPS) is 11.3. The Balaban J connectivity index is 2.63. The van der Waals surface area contributed by atoms with Crippen molar-refractivity contribution in [3.8, 4) is 5.75 Å². The van der Waals surface area contributed by atoms with E-state index in [0.29, 0.717) is 13.2 Å². The molecule has 1 amide bonds. The summed E-state index contributed by atoms with van der Waals surface area (Å²) in [6.07, 6.45) is 0. The van der Waals surface area contributed by atoms with E-state index in [1.54, 1.807) is 0 Å². The van der Waals surface area contributed by atoms with E-state index in [1.165, 1.54) is 5.56 Å². The minimum Gasteiger partial charge on any atom is -0.494 e. The van der Waals surface area contributed by atoms with Gasteiger partial charge in [-0.25, -0.2) is 0 Å². The molecular formula is C14H22N2O2. The number of benzene rings is 1. The number of nitrogens with two attached hydrogens (primary N) is 1. The van der Waals surface area contributed by atoms with Crippen LogP contribution in [0.15, 0.2) is 24.3 Å². The minimum absolute atomic E-state index is 0.0554. The molecule has 0 aliphatic heterocycles. The zero-order chi connectivity index (χ0) is 13.6. The molecule has 3 N–H and O–H groups in total. The fourth-order valence-electron chi connectivity index (χ4n) is 1.77. The highest BCUT2D eigenvalue weighted by Gasteiger charge is 2.20. The first kappa shape index (κ1) is 14.5. The molecule has 0 bridgehead atoms. The first-order chi connectivity index (χ1) is 8.45. The molecule has 0 unspecified atom stereocenters. The molecule has 0 heterocycles. The number of primary amides is 1. The second-order valence-corrected chi connectivity index (χ2v) is 4.91. The van der Waals surface area contributed by atoms with E-state index in [-0.39, 0.29) is 17.9 Å². The van der Waals surface area contributed by atoms with E-state index in [9.17, 15) is 4.79 Å². The zero-order valence-corrected chi connectivity index (χ0v) is 11.3. The van der Waals surface area contributed by atoms with Crippen LogP contribution in [0.5, 0.6) is 5.75 Å². The van der Waals surface area contributed by atoms with Gasteiger partial charge in [-0.15, -0.1) is 0 Å². The van der Waals surface area contributed by atoms with Crippen LogP contribution in [-0.2, 0) is 10.2 Å². The lowest BCUT2D eigenvalue weighted by molar-refractivity contribution is -0.117. The Kier molecular flexibility index (Phi) is 5.16. The highest BCUT2D eigenvalue weighted by molar-refractivity contribution is 5.75. The van der Waals surface area contributed by atoms with Gasteiger partial charge in [0.2, 0.25) is 5.91 Å². The highest BCUT2D eigenvalue weighted by Crippen LogP contribution is 2.24. The van der Waals surface area contributed by atoms with Crippen molar-refractivity contribution >= 4 is 5.91 Å². The summed E-state index contributed by atoms with van der Waals surface area (Å²) in [5, 5.41) is 3.06. The number of nitrogens with one attached hydrogen (secondary N) is 1. The summed E-state index contributed by atoms with van der Waals surface area (Å²) in [7, 11) is 0. The number of hydrogen-bond acceptors (Lipinski definition) is 3. The topological polar surface area (TPSA) is 64.3 Å². The molecule has 0 atom stereocenters. The van der Waals surface area contributed by atoms with Crippen molar-refractivity contribution in [2.45, 2.75) is 26.2 Å². The Morgan fingerprint density at radius 3 is 2.44 bits per heavy atom. The summed E-state index contributed by atoms with van der Waals surface area (Å²) in [6.45, 7) is 7.78. The first-order valence-electron chi connectivity index (χ1n) is 6.18. The molecular weight excluding hydrogens is 228 g/mol. The van der Waals surface area contributed by atoms with Crippen LogP contribution >= 0.6 is 0 Å². The van der Waals surface area contributed by atoms with Crippen LogP contribution in [0.3, 0.4) is 0 Å². The molecule has 0 saturated carbocycles. The fourth-order valence-corrected chi connectivity index (χ4v) is 1.77. The van der Waals surface area contributed by atoms with E-state index in [1.807, 2.05) is 19.1 Å². The largest absolute Gasteiger partial charge is 0.494 e. The van der Waals surface area contributed by atoms with Crippen LogP contribution in [0.2, 0.25) is 0 Å². The molecule has 1 aromatic rings. The Labute approximate surface area is 109 Å². The Morgan fingerprint density at radius 1 is 1.33 bits per heavy atom. The smallest absolute Gasteiger partial charge is 0.231 e. The van der Waals surface area contributed by atoms with Gasteiger partial charge in [0.25, 0.3) is 0 Å². The predicted octanol–water partition coefficient (Wildman–Crippen LogP) is 1.44. The molecule has 1 aromatic carbocycles. The van der Waals surface area contributed by atoms with Crippen LogP contribution in [0.4, 0.5) is 0 Å². The second-order valence-electron chi connectivity index (χ2n) is 4.91. The average Bonchev–Trinajstić information content (AvgIpc) is 2.29. The highest BCUT2D eigenvalue weighted by atomic mass is 16.5. The number of amides is 1. The van der Waals surface area contributed by atoms with Gasteiger partial charge in [-0.05, 0) is 24.6 Å². The third-order valence-electron chi connectivity index (χ3n) is 2.81. The molecule has 0 radical (unpaired) electrons. The molecule has 4 nitrogen and oxygen atoms in total. The third-order valence-corrected chi connectivity index (χ3v) is 2.81. The van der Waals surface area contributed by atoms with Gasteiger partial charge in [-0.2, -0.15) is 0 Å². The number of carbonyl (C=O) groups is 1. The van der Waals surface area contributed by atoms with Gasteiger partial charge >= 0.3 is 0 Å². The summed E-state index contributed by atoms with van der Waals surface area (Å²) in [5.74, 6) is 0.541.